The number of pyridine rings is 1. The predicted octanol–water partition coefficient (Wildman–Crippen LogP) is 0.179. The monoisotopic (exact) mass is 163 g/mol. The molecule has 12 heavy (non-hydrogen) atoms. The van der Waals surface area contributed by atoms with Crippen molar-refractivity contribution in [3.63, 3.8) is 0 Å². The van der Waals surface area contributed by atoms with Gasteiger partial charge in [0.05, 0.1) is 12.1 Å². The molecule has 4 nitrogen and oxygen atoms in total. The van der Waals surface area contributed by atoms with E-state index in [0.29, 0.717) is 24.9 Å². The molecule has 0 radical (unpaired) electrons. The third-order valence-electron chi connectivity index (χ3n) is 1.66. The van der Waals surface area contributed by atoms with Crippen LogP contribution in [0.25, 0.3) is 0 Å². The number of aliphatic imine (C=N–C) groups is 1. The van der Waals surface area contributed by atoms with Crippen LogP contribution in [0.15, 0.2) is 23.3 Å². The molecular weight excluding hydrogens is 154 g/mol. The van der Waals surface area contributed by atoms with E-state index in [9.17, 15) is 0 Å². The second-order valence-corrected chi connectivity index (χ2v) is 2.47. The lowest BCUT2D eigenvalue weighted by Crippen LogP contribution is -2.13. The maximum Gasteiger partial charge on any atom is 0.224 e. The first kappa shape index (κ1) is 7.09. The van der Waals surface area contributed by atoms with Crippen molar-refractivity contribution >= 4 is 5.84 Å². The molecule has 0 aromatic carbocycles. The van der Waals surface area contributed by atoms with Gasteiger partial charge in [-0.05, 0) is 12.1 Å². The van der Waals surface area contributed by atoms with E-state index < -0.39 is 0 Å². The van der Waals surface area contributed by atoms with Crippen LogP contribution in [0.2, 0.25) is 0 Å². The van der Waals surface area contributed by atoms with Gasteiger partial charge in [0.15, 0.2) is 0 Å². The van der Waals surface area contributed by atoms with E-state index in [1.54, 1.807) is 6.20 Å². The molecule has 2 N–H and O–H groups in total. The molecule has 0 aliphatic carbocycles. The van der Waals surface area contributed by atoms with Gasteiger partial charge in [0.25, 0.3) is 0 Å². The first-order valence-electron chi connectivity index (χ1n) is 3.76. The summed E-state index contributed by atoms with van der Waals surface area (Å²) in [7, 11) is 0. The van der Waals surface area contributed by atoms with Crippen LogP contribution in [0.1, 0.15) is 5.56 Å². The Morgan fingerprint density at radius 2 is 2.42 bits per heavy atom. The van der Waals surface area contributed by atoms with E-state index in [1.807, 2.05) is 12.1 Å². The van der Waals surface area contributed by atoms with Crippen LogP contribution in [-0.2, 0) is 0 Å². The Hall–Kier alpha value is -1.58. The molecule has 0 saturated heterocycles. The number of amidine groups is 1. The minimum Gasteiger partial charge on any atom is -0.475 e. The fraction of sp³-hybridized carbons (Fsp3) is 0.250. The molecule has 0 unspecified atom stereocenters. The summed E-state index contributed by atoms with van der Waals surface area (Å²) in [6.45, 7) is 1.15. The van der Waals surface area contributed by atoms with E-state index in [-0.39, 0.29) is 0 Å². The summed E-state index contributed by atoms with van der Waals surface area (Å²) in [5, 5.41) is 0. The summed E-state index contributed by atoms with van der Waals surface area (Å²) in [5.74, 6) is 1.09. The number of hydrogen-bond acceptors (Lipinski definition) is 4. The number of aromatic nitrogens is 1. The molecule has 4 heteroatoms. The molecule has 0 amide bonds. The molecule has 0 bridgehead atoms. The summed E-state index contributed by atoms with van der Waals surface area (Å²) in [6.07, 6.45) is 1.68. The Bertz CT molecular complexity index is 322. The Balaban J connectivity index is 2.51. The van der Waals surface area contributed by atoms with Crippen LogP contribution < -0.4 is 10.5 Å². The van der Waals surface area contributed by atoms with Gasteiger partial charge in [-0.1, -0.05) is 0 Å². The van der Waals surface area contributed by atoms with E-state index in [2.05, 4.69) is 9.98 Å². The first-order chi connectivity index (χ1) is 5.88. The highest BCUT2D eigenvalue weighted by molar-refractivity contribution is 5.99. The van der Waals surface area contributed by atoms with Gasteiger partial charge in [-0.2, -0.15) is 0 Å². The van der Waals surface area contributed by atoms with Crippen molar-refractivity contribution in [1.29, 1.82) is 0 Å². The summed E-state index contributed by atoms with van der Waals surface area (Å²) in [6, 6.07) is 3.67. The molecule has 0 fully saturated rings. The number of ether oxygens (including phenoxy) is 1. The topological polar surface area (TPSA) is 60.5 Å². The third kappa shape index (κ3) is 1.11. The highest BCUT2D eigenvalue weighted by Crippen LogP contribution is 2.15. The fourth-order valence-corrected chi connectivity index (χ4v) is 1.09. The highest BCUT2D eigenvalue weighted by Gasteiger charge is 2.10. The van der Waals surface area contributed by atoms with Gasteiger partial charge in [-0.3, -0.25) is 4.99 Å². The molecule has 0 atom stereocenters. The lowest BCUT2D eigenvalue weighted by Gasteiger charge is -2.03. The Morgan fingerprint density at radius 1 is 1.50 bits per heavy atom. The molecule has 2 heterocycles. The van der Waals surface area contributed by atoms with Gasteiger partial charge < -0.3 is 10.5 Å². The number of nitrogens with zero attached hydrogens (tertiary/aromatic N) is 2. The number of fused-ring (bicyclic) bond motifs is 1. The van der Waals surface area contributed by atoms with Crippen molar-refractivity contribution < 1.29 is 4.74 Å². The van der Waals surface area contributed by atoms with E-state index in [0.717, 1.165) is 5.56 Å². The predicted molar refractivity (Wildman–Crippen MR) is 45.3 cm³/mol. The smallest absolute Gasteiger partial charge is 0.224 e. The molecule has 0 spiro atoms. The molecule has 1 aromatic heterocycles. The first-order valence-corrected chi connectivity index (χ1v) is 3.76. The number of rotatable bonds is 0. The van der Waals surface area contributed by atoms with Crippen LogP contribution in [0.5, 0.6) is 5.88 Å². The van der Waals surface area contributed by atoms with E-state index >= 15 is 0 Å². The van der Waals surface area contributed by atoms with Crippen LogP contribution in [-0.4, -0.2) is 24.0 Å². The zero-order chi connectivity index (χ0) is 8.39. The van der Waals surface area contributed by atoms with Gasteiger partial charge in [-0.25, -0.2) is 4.98 Å². The van der Waals surface area contributed by atoms with Crippen molar-refractivity contribution in [1.82, 2.24) is 4.98 Å². The van der Waals surface area contributed by atoms with Crippen molar-refractivity contribution in [2.45, 2.75) is 0 Å². The SMILES string of the molecule is NC1=NCCOc2ncccc21. The maximum absolute atomic E-state index is 5.68. The summed E-state index contributed by atoms with van der Waals surface area (Å²) in [5.41, 5.74) is 6.46. The average Bonchev–Trinajstić information content (AvgIpc) is 2.29. The van der Waals surface area contributed by atoms with Crippen LogP contribution >= 0.6 is 0 Å². The summed E-state index contributed by atoms with van der Waals surface area (Å²) in [4.78, 5) is 8.14. The van der Waals surface area contributed by atoms with Crippen LogP contribution in [0, 0.1) is 0 Å². The van der Waals surface area contributed by atoms with Gasteiger partial charge in [0.2, 0.25) is 5.88 Å². The molecular formula is C8H9N3O. The second kappa shape index (κ2) is 2.81. The van der Waals surface area contributed by atoms with Gasteiger partial charge in [0, 0.05) is 6.20 Å². The average molecular weight is 163 g/mol. The van der Waals surface area contributed by atoms with Crippen molar-refractivity contribution in [3.8, 4) is 5.88 Å². The largest absolute Gasteiger partial charge is 0.475 e. The standard InChI is InChI=1S/C8H9N3O/c9-7-6-2-1-3-11-8(6)12-5-4-10-7/h1-3H,4-5H2,(H2,9,10). The van der Waals surface area contributed by atoms with E-state index in [1.165, 1.54) is 0 Å². The Kier molecular flexibility index (Phi) is 1.66. The quantitative estimate of drug-likeness (QED) is 0.593. The second-order valence-electron chi connectivity index (χ2n) is 2.47. The van der Waals surface area contributed by atoms with Gasteiger partial charge in [0.1, 0.15) is 12.4 Å². The zero-order valence-electron chi connectivity index (χ0n) is 6.53. The Labute approximate surface area is 70.1 Å². The third-order valence-corrected chi connectivity index (χ3v) is 1.66. The molecule has 62 valence electrons. The lowest BCUT2D eigenvalue weighted by atomic mass is 10.2. The molecule has 1 aromatic rings. The maximum atomic E-state index is 5.68. The molecule has 1 aliphatic rings. The number of nitrogens with two attached hydrogens (primary N) is 1. The van der Waals surface area contributed by atoms with E-state index in [4.69, 9.17) is 10.5 Å². The highest BCUT2D eigenvalue weighted by atomic mass is 16.5. The van der Waals surface area contributed by atoms with Gasteiger partial charge in [-0.15, -0.1) is 0 Å². The van der Waals surface area contributed by atoms with Crippen molar-refractivity contribution in [2.75, 3.05) is 13.2 Å². The lowest BCUT2D eigenvalue weighted by molar-refractivity contribution is 0.318. The molecule has 2 rings (SSSR count). The zero-order valence-corrected chi connectivity index (χ0v) is 6.53. The van der Waals surface area contributed by atoms with Crippen LogP contribution in [0.3, 0.4) is 0 Å². The number of hydrogen-bond donors (Lipinski definition) is 1. The van der Waals surface area contributed by atoms with Crippen molar-refractivity contribution in [3.05, 3.63) is 23.9 Å². The minimum atomic E-state index is 0.510. The summed E-state index contributed by atoms with van der Waals surface area (Å²) >= 11 is 0. The normalized spacial score (nSPS) is 15.5. The molecule has 1 aliphatic heterocycles. The molecule has 0 saturated carbocycles. The summed E-state index contributed by atoms with van der Waals surface area (Å²) < 4.78 is 5.31. The Morgan fingerprint density at radius 3 is 3.33 bits per heavy atom. The van der Waals surface area contributed by atoms with Crippen LogP contribution in [0.4, 0.5) is 0 Å². The fourth-order valence-electron chi connectivity index (χ4n) is 1.09. The minimum absolute atomic E-state index is 0.510. The van der Waals surface area contributed by atoms with Gasteiger partial charge >= 0.3 is 0 Å². The van der Waals surface area contributed by atoms with Crippen molar-refractivity contribution in [2.24, 2.45) is 10.7 Å².